The van der Waals surface area contributed by atoms with Crippen molar-refractivity contribution in [3.63, 3.8) is 0 Å². The van der Waals surface area contributed by atoms with Gasteiger partial charge in [-0.05, 0) is 12.1 Å². The van der Waals surface area contributed by atoms with Crippen molar-refractivity contribution in [3.05, 3.63) is 29.6 Å². The van der Waals surface area contributed by atoms with Crippen molar-refractivity contribution in [1.29, 1.82) is 0 Å². The molecule has 1 aromatic carbocycles. The summed E-state index contributed by atoms with van der Waals surface area (Å²) in [4.78, 5) is -0.195. The van der Waals surface area contributed by atoms with Gasteiger partial charge in [0, 0.05) is 4.90 Å². The minimum Gasteiger partial charge on any atom is -0.204 e. The van der Waals surface area contributed by atoms with Gasteiger partial charge in [-0.3, -0.25) is 0 Å². The predicted molar refractivity (Wildman–Crippen MR) is 40.8 cm³/mol. The first-order chi connectivity index (χ1) is 4.63. The molecule has 1 aromatic rings. The molecule has 0 spiro atoms. The van der Waals surface area contributed by atoms with Gasteiger partial charge in [-0.2, -0.15) is 0 Å². The van der Waals surface area contributed by atoms with Crippen molar-refractivity contribution >= 4 is 25.0 Å². The second-order valence-corrected chi connectivity index (χ2v) is 2.18. The van der Waals surface area contributed by atoms with Crippen molar-refractivity contribution in [2.75, 3.05) is 0 Å². The smallest absolute Gasteiger partial charge is 0.195 e. The van der Waals surface area contributed by atoms with Gasteiger partial charge in [0.15, 0.2) is 17.5 Å². The van der Waals surface area contributed by atoms with Gasteiger partial charge in [0.05, 0.1) is 0 Å². The summed E-state index contributed by atoms with van der Waals surface area (Å²) in [6, 6.07) is 1.87. The average Bonchev–Trinajstić information content (AvgIpc) is 1.93. The number of benzene rings is 1. The molecule has 0 nitrogen and oxygen atoms in total. The van der Waals surface area contributed by atoms with Gasteiger partial charge in [0.1, 0.15) is 0 Å². The molecule has 0 radical (unpaired) electrons. The minimum absolute atomic E-state index is 0. The van der Waals surface area contributed by atoms with Crippen LogP contribution in [0.3, 0.4) is 0 Å². The first-order valence-corrected chi connectivity index (χ1v) is 2.90. The molecule has 62 valence electrons. The third-order valence-electron chi connectivity index (χ3n) is 1.01. The third kappa shape index (κ3) is 2.04. The van der Waals surface area contributed by atoms with Gasteiger partial charge in [-0.15, -0.1) is 25.0 Å². The summed E-state index contributed by atoms with van der Waals surface area (Å²) in [5.74, 6) is -3.92. The molecule has 0 unspecified atom stereocenters. The Kier molecular flexibility index (Phi) is 3.75. The molecule has 1 rings (SSSR count). The second-order valence-electron chi connectivity index (χ2n) is 1.69. The number of hydrogen-bond donors (Lipinski definition) is 1. The number of rotatable bonds is 0. The molecule has 0 aliphatic heterocycles. The molecular weight excluding hydrogens is 197 g/mol. The standard InChI is InChI=1S/C6H3F3S.ClH/c7-3-1-2-4(10)6(9)5(3)8;/h1-2,10H;1H. The topological polar surface area (TPSA) is 0 Å². The van der Waals surface area contributed by atoms with Crippen molar-refractivity contribution in [1.82, 2.24) is 0 Å². The van der Waals surface area contributed by atoms with Gasteiger partial charge >= 0.3 is 0 Å². The SMILES string of the molecule is Cl.Fc1ccc(S)c(F)c1F. The lowest BCUT2D eigenvalue weighted by Crippen LogP contribution is -1.90. The van der Waals surface area contributed by atoms with E-state index in [0.29, 0.717) is 0 Å². The lowest BCUT2D eigenvalue weighted by atomic mass is 10.3. The molecule has 0 fully saturated rings. The Balaban J connectivity index is 0.000001000. The van der Waals surface area contributed by atoms with Crippen molar-refractivity contribution in [2.45, 2.75) is 4.90 Å². The Hall–Kier alpha value is -0.350. The highest BCUT2D eigenvalue weighted by Gasteiger charge is 2.09. The molecular formula is C6H4ClF3S. The Labute approximate surface area is 73.2 Å². The van der Waals surface area contributed by atoms with Crippen LogP contribution in [0, 0.1) is 17.5 Å². The van der Waals surface area contributed by atoms with Crippen LogP contribution < -0.4 is 0 Å². The fourth-order valence-electron chi connectivity index (χ4n) is 0.516. The Bertz CT molecular complexity index is 237. The molecule has 0 saturated carbocycles. The minimum atomic E-state index is -1.48. The fraction of sp³-hybridized carbons (Fsp3) is 0. The maximum atomic E-state index is 12.3. The molecule has 0 aliphatic carbocycles. The summed E-state index contributed by atoms with van der Waals surface area (Å²) in [6.45, 7) is 0. The first kappa shape index (κ1) is 10.7. The largest absolute Gasteiger partial charge is 0.204 e. The summed E-state index contributed by atoms with van der Waals surface area (Å²) in [5.41, 5.74) is 0. The van der Waals surface area contributed by atoms with Gasteiger partial charge in [-0.1, -0.05) is 0 Å². The maximum Gasteiger partial charge on any atom is 0.195 e. The molecule has 0 aromatic heterocycles. The molecule has 0 aliphatic rings. The van der Waals surface area contributed by atoms with Crippen LogP contribution in [-0.4, -0.2) is 0 Å². The van der Waals surface area contributed by atoms with Crippen LogP contribution in [0.2, 0.25) is 0 Å². The molecule has 0 atom stereocenters. The summed E-state index contributed by atoms with van der Waals surface area (Å²) in [5, 5.41) is 0. The van der Waals surface area contributed by atoms with Crippen LogP contribution in [-0.2, 0) is 0 Å². The molecule has 0 amide bonds. The van der Waals surface area contributed by atoms with Crippen LogP contribution in [0.25, 0.3) is 0 Å². The van der Waals surface area contributed by atoms with Crippen LogP contribution in [0.4, 0.5) is 13.2 Å². The van der Waals surface area contributed by atoms with Crippen LogP contribution in [0.15, 0.2) is 17.0 Å². The van der Waals surface area contributed by atoms with Gasteiger partial charge < -0.3 is 0 Å². The Morgan fingerprint density at radius 1 is 1.00 bits per heavy atom. The number of halogens is 4. The average molecular weight is 201 g/mol. The van der Waals surface area contributed by atoms with Crippen LogP contribution in [0.1, 0.15) is 0 Å². The first-order valence-electron chi connectivity index (χ1n) is 2.45. The quantitative estimate of drug-likeness (QED) is 0.483. The van der Waals surface area contributed by atoms with Gasteiger partial charge in [-0.25, -0.2) is 13.2 Å². The highest BCUT2D eigenvalue weighted by atomic mass is 35.5. The van der Waals surface area contributed by atoms with E-state index in [-0.39, 0.29) is 17.3 Å². The summed E-state index contributed by atoms with van der Waals surface area (Å²) in [6.07, 6.45) is 0. The summed E-state index contributed by atoms with van der Waals surface area (Å²) in [7, 11) is 0. The number of hydrogen-bond acceptors (Lipinski definition) is 1. The summed E-state index contributed by atoms with van der Waals surface area (Å²) < 4.78 is 36.6. The highest BCUT2D eigenvalue weighted by Crippen LogP contribution is 2.17. The van der Waals surface area contributed by atoms with E-state index in [1.165, 1.54) is 0 Å². The molecule has 5 heteroatoms. The number of thiol groups is 1. The normalized spacial score (nSPS) is 9.09. The van der Waals surface area contributed by atoms with E-state index in [1.807, 2.05) is 0 Å². The Morgan fingerprint density at radius 2 is 1.55 bits per heavy atom. The van der Waals surface area contributed by atoms with Gasteiger partial charge in [0.2, 0.25) is 0 Å². The van der Waals surface area contributed by atoms with Gasteiger partial charge in [0.25, 0.3) is 0 Å². The molecule has 0 heterocycles. The van der Waals surface area contributed by atoms with E-state index in [4.69, 9.17) is 0 Å². The van der Waals surface area contributed by atoms with E-state index >= 15 is 0 Å². The Morgan fingerprint density at radius 3 is 2.00 bits per heavy atom. The molecule has 0 bridgehead atoms. The monoisotopic (exact) mass is 200 g/mol. The van der Waals surface area contributed by atoms with E-state index < -0.39 is 17.5 Å². The van der Waals surface area contributed by atoms with E-state index in [2.05, 4.69) is 12.6 Å². The zero-order valence-electron chi connectivity index (χ0n) is 5.14. The lowest BCUT2D eigenvalue weighted by molar-refractivity contribution is 0.435. The maximum absolute atomic E-state index is 12.3. The molecule has 0 saturated heterocycles. The van der Waals surface area contributed by atoms with Crippen LogP contribution in [0.5, 0.6) is 0 Å². The molecule has 11 heavy (non-hydrogen) atoms. The molecule has 0 N–H and O–H groups in total. The zero-order valence-corrected chi connectivity index (χ0v) is 6.85. The zero-order chi connectivity index (χ0) is 7.72. The second kappa shape index (κ2) is 3.88. The van der Waals surface area contributed by atoms with Crippen molar-refractivity contribution in [3.8, 4) is 0 Å². The van der Waals surface area contributed by atoms with E-state index in [1.54, 1.807) is 0 Å². The van der Waals surface area contributed by atoms with Crippen molar-refractivity contribution < 1.29 is 13.2 Å². The third-order valence-corrected chi connectivity index (χ3v) is 1.36. The van der Waals surface area contributed by atoms with Crippen molar-refractivity contribution in [2.24, 2.45) is 0 Å². The summed E-state index contributed by atoms with van der Waals surface area (Å²) >= 11 is 3.53. The predicted octanol–water partition coefficient (Wildman–Crippen LogP) is 2.81. The lowest BCUT2D eigenvalue weighted by Gasteiger charge is -1.95. The fourth-order valence-corrected chi connectivity index (χ4v) is 0.688. The highest BCUT2D eigenvalue weighted by molar-refractivity contribution is 7.80. The van der Waals surface area contributed by atoms with E-state index in [0.717, 1.165) is 12.1 Å². The van der Waals surface area contributed by atoms with E-state index in [9.17, 15) is 13.2 Å². The van der Waals surface area contributed by atoms with Crippen LogP contribution >= 0.6 is 25.0 Å².